The van der Waals surface area contributed by atoms with Crippen LogP contribution in [0.2, 0.25) is 10.0 Å². The van der Waals surface area contributed by atoms with Gasteiger partial charge in [0, 0.05) is 30.2 Å². The molecule has 0 aliphatic carbocycles. The Balaban J connectivity index is 2.31. The number of hydrogen-bond acceptors (Lipinski definition) is 4. The van der Waals surface area contributed by atoms with E-state index in [1.54, 1.807) is 31.3 Å². The molecule has 1 aromatic carbocycles. The number of anilines is 2. The number of carbonyl (C=O) groups excluding carboxylic acids is 1. The van der Waals surface area contributed by atoms with Gasteiger partial charge in [0.15, 0.2) is 0 Å². The standard InChI is InChI=1S/C14H12Cl2N4O/c1-18-13-10(6-17)12(16)11(7-19-13)14(21)20-9-4-2-8(15)3-5-9/h2-7,17H,1H3,(H,18,19)(H,20,21). The molecule has 0 fully saturated rings. The zero-order valence-corrected chi connectivity index (χ0v) is 12.6. The first-order valence-corrected chi connectivity index (χ1v) is 6.76. The van der Waals surface area contributed by atoms with Crippen molar-refractivity contribution in [1.82, 2.24) is 4.98 Å². The number of nitrogens with zero attached hydrogens (tertiary/aromatic N) is 1. The number of pyridine rings is 1. The third kappa shape index (κ3) is 3.32. The summed E-state index contributed by atoms with van der Waals surface area (Å²) in [4.78, 5) is 16.3. The minimum atomic E-state index is -0.402. The van der Waals surface area contributed by atoms with E-state index < -0.39 is 5.91 Å². The smallest absolute Gasteiger partial charge is 0.258 e. The normalized spacial score (nSPS) is 10.0. The third-order valence-electron chi connectivity index (χ3n) is 2.78. The molecule has 2 rings (SSSR count). The Bertz CT molecular complexity index is 686. The molecule has 0 saturated heterocycles. The van der Waals surface area contributed by atoms with Gasteiger partial charge in [0.25, 0.3) is 5.91 Å². The van der Waals surface area contributed by atoms with Gasteiger partial charge >= 0.3 is 0 Å². The fraction of sp³-hybridized carbons (Fsp3) is 0.0714. The van der Waals surface area contributed by atoms with Gasteiger partial charge in [-0.3, -0.25) is 4.79 Å². The van der Waals surface area contributed by atoms with Gasteiger partial charge in [-0.05, 0) is 24.3 Å². The van der Waals surface area contributed by atoms with E-state index in [1.165, 1.54) is 6.20 Å². The summed E-state index contributed by atoms with van der Waals surface area (Å²) in [5, 5.41) is 13.6. The van der Waals surface area contributed by atoms with Gasteiger partial charge in [0.1, 0.15) is 5.82 Å². The zero-order chi connectivity index (χ0) is 15.4. The van der Waals surface area contributed by atoms with E-state index >= 15 is 0 Å². The van der Waals surface area contributed by atoms with Crippen LogP contribution in [0.5, 0.6) is 0 Å². The average Bonchev–Trinajstić information content (AvgIpc) is 2.49. The molecule has 0 aliphatic heterocycles. The van der Waals surface area contributed by atoms with Crippen LogP contribution < -0.4 is 10.6 Å². The number of halogens is 2. The molecule has 108 valence electrons. The van der Waals surface area contributed by atoms with E-state index in [0.717, 1.165) is 6.21 Å². The second kappa shape index (κ2) is 6.56. The molecule has 0 bridgehead atoms. The van der Waals surface area contributed by atoms with Crippen LogP contribution in [0.4, 0.5) is 11.5 Å². The van der Waals surface area contributed by atoms with Crippen molar-refractivity contribution in [2.45, 2.75) is 0 Å². The van der Waals surface area contributed by atoms with Crippen LogP contribution in [0.15, 0.2) is 30.5 Å². The average molecular weight is 323 g/mol. The van der Waals surface area contributed by atoms with Gasteiger partial charge in [0.2, 0.25) is 0 Å². The molecule has 1 amide bonds. The van der Waals surface area contributed by atoms with E-state index in [0.29, 0.717) is 22.1 Å². The molecule has 2 aromatic rings. The number of aromatic nitrogens is 1. The quantitative estimate of drug-likeness (QED) is 0.751. The lowest BCUT2D eigenvalue weighted by atomic mass is 10.1. The molecule has 21 heavy (non-hydrogen) atoms. The lowest BCUT2D eigenvalue weighted by molar-refractivity contribution is 0.102. The van der Waals surface area contributed by atoms with Crippen LogP contribution in [0.3, 0.4) is 0 Å². The second-order valence-corrected chi connectivity index (χ2v) is 4.92. The third-order valence-corrected chi connectivity index (χ3v) is 3.44. The number of hydrogen-bond donors (Lipinski definition) is 3. The number of rotatable bonds is 4. The van der Waals surface area contributed by atoms with Crippen LogP contribution in [-0.2, 0) is 0 Å². The number of amides is 1. The molecule has 1 aromatic heterocycles. The molecule has 0 aliphatic rings. The molecular weight excluding hydrogens is 311 g/mol. The fourth-order valence-corrected chi connectivity index (χ4v) is 2.13. The molecule has 0 atom stereocenters. The minimum absolute atomic E-state index is 0.177. The molecule has 0 radical (unpaired) electrons. The van der Waals surface area contributed by atoms with Crippen LogP contribution >= 0.6 is 23.2 Å². The summed E-state index contributed by atoms with van der Waals surface area (Å²) in [7, 11) is 1.67. The first-order valence-electron chi connectivity index (χ1n) is 6.00. The summed E-state index contributed by atoms with van der Waals surface area (Å²) in [6.07, 6.45) is 2.42. The van der Waals surface area contributed by atoms with Crippen molar-refractivity contribution >= 4 is 46.8 Å². The van der Waals surface area contributed by atoms with Gasteiger partial charge < -0.3 is 16.0 Å². The predicted molar refractivity (Wildman–Crippen MR) is 86.1 cm³/mol. The first-order chi connectivity index (χ1) is 10.1. The Morgan fingerprint density at radius 3 is 2.52 bits per heavy atom. The molecule has 7 heteroatoms. The minimum Gasteiger partial charge on any atom is -0.373 e. The van der Waals surface area contributed by atoms with E-state index in [2.05, 4.69) is 15.6 Å². The highest BCUT2D eigenvalue weighted by Crippen LogP contribution is 2.25. The Kier molecular flexibility index (Phi) is 4.77. The van der Waals surface area contributed by atoms with E-state index in [-0.39, 0.29) is 10.6 Å². The van der Waals surface area contributed by atoms with Gasteiger partial charge in [-0.15, -0.1) is 0 Å². The summed E-state index contributed by atoms with van der Waals surface area (Å²) >= 11 is 12.0. The van der Waals surface area contributed by atoms with E-state index in [9.17, 15) is 4.79 Å². The second-order valence-electron chi connectivity index (χ2n) is 4.10. The van der Waals surface area contributed by atoms with Crippen molar-refractivity contribution < 1.29 is 4.79 Å². The Labute approximate surface area is 131 Å². The highest BCUT2D eigenvalue weighted by molar-refractivity contribution is 6.37. The maximum absolute atomic E-state index is 12.2. The van der Waals surface area contributed by atoms with E-state index in [4.69, 9.17) is 28.6 Å². The summed E-state index contributed by atoms with van der Waals surface area (Å²) in [5.41, 5.74) is 1.15. The maximum Gasteiger partial charge on any atom is 0.258 e. The van der Waals surface area contributed by atoms with Gasteiger partial charge in [-0.1, -0.05) is 23.2 Å². The molecule has 0 saturated carbocycles. The van der Waals surface area contributed by atoms with Crippen molar-refractivity contribution in [2.24, 2.45) is 0 Å². The monoisotopic (exact) mass is 322 g/mol. The van der Waals surface area contributed by atoms with Crippen molar-refractivity contribution in [3.63, 3.8) is 0 Å². The Morgan fingerprint density at radius 1 is 1.29 bits per heavy atom. The summed E-state index contributed by atoms with van der Waals surface area (Å²) in [6, 6.07) is 6.70. The van der Waals surface area contributed by atoms with Gasteiger partial charge in [0.05, 0.1) is 16.1 Å². The van der Waals surface area contributed by atoms with Gasteiger partial charge in [-0.25, -0.2) is 4.98 Å². The first kappa shape index (κ1) is 15.3. The van der Waals surface area contributed by atoms with Crippen molar-refractivity contribution in [3.05, 3.63) is 51.6 Å². The molecule has 3 N–H and O–H groups in total. The summed E-state index contributed by atoms with van der Waals surface area (Å²) in [6.45, 7) is 0. The molecule has 0 spiro atoms. The largest absolute Gasteiger partial charge is 0.373 e. The summed E-state index contributed by atoms with van der Waals surface area (Å²) in [5.74, 6) is 0.0404. The molecule has 0 unspecified atom stereocenters. The predicted octanol–water partition coefficient (Wildman–Crippen LogP) is 3.68. The highest BCUT2D eigenvalue weighted by Gasteiger charge is 2.16. The lowest BCUT2D eigenvalue weighted by Gasteiger charge is -2.11. The van der Waals surface area contributed by atoms with Crippen molar-refractivity contribution in [1.29, 1.82) is 5.41 Å². The fourth-order valence-electron chi connectivity index (χ4n) is 1.73. The van der Waals surface area contributed by atoms with Crippen LogP contribution in [-0.4, -0.2) is 24.2 Å². The van der Waals surface area contributed by atoms with Crippen molar-refractivity contribution in [3.8, 4) is 0 Å². The van der Waals surface area contributed by atoms with Gasteiger partial charge in [-0.2, -0.15) is 0 Å². The highest BCUT2D eigenvalue weighted by atomic mass is 35.5. The Hall–Kier alpha value is -2.11. The summed E-state index contributed by atoms with van der Waals surface area (Å²) < 4.78 is 0. The molecular formula is C14H12Cl2N4O. The number of nitrogens with one attached hydrogen (secondary N) is 3. The SMILES string of the molecule is CNc1ncc(C(=O)Nc2ccc(Cl)cc2)c(Cl)c1C=N. The van der Waals surface area contributed by atoms with E-state index in [1.807, 2.05) is 0 Å². The molecule has 1 heterocycles. The topological polar surface area (TPSA) is 77.9 Å². The maximum atomic E-state index is 12.2. The van der Waals surface area contributed by atoms with Crippen LogP contribution in [0, 0.1) is 5.41 Å². The number of benzene rings is 1. The number of carbonyl (C=O) groups is 1. The molecule has 5 nitrogen and oxygen atoms in total. The van der Waals surface area contributed by atoms with Crippen LogP contribution in [0.25, 0.3) is 0 Å². The Morgan fingerprint density at radius 2 is 1.95 bits per heavy atom. The van der Waals surface area contributed by atoms with Crippen molar-refractivity contribution in [2.75, 3.05) is 17.7 Å². The zero-order valence-electron chi connectivity index (χ0n) is 11.1. The van der Waals surface area contributed by atoms with Crippen LogP contribution in [0.1, 0.15) is 15.9 Å². The lowest BCUT2D eigenvalue weighted by Crippen LogP contribution is -2.14.